The smallest absolute Gasteiger partial charge is 0.352 e. The van der Waals surface area contributed by atoms with Gasteiger partial charge in [-0.15, -0.1) is 0 Å². The molecule has 8 atom stereocenters. The molecule has 76 heavy (non-hydrogen) atoms. The first-order valence-electron chi connectivity index (χ1n) is 25.3. The number of hydrogen-bond acceptors (Lipinski definition) is 17. The molecule has 1 aliphatic rings. The Morgan fingerprint density at radius 1 is 0.803 bits per heavy atom. The summed E-state index contributed by atoms with van der Waals surface area (Å²) in [7, 11) is 0. The quantitative estimate of drug-likeness (QED) is 0.0130. The van der Waals surface area contributed by atoms with Gasteiger partial charge in [0.1, 0.15) is 41.9 Å². The zero-order chi connectivity index (χ0) is 56.7. The average molecular weight is 1070 g/mol. The minimum atomic E-state index is -1.57. The molecule has 1 aliphatic heterocycles. The molecule has 0 spiro atoms. The number of aryl methyl sites for hydroxylation is 1. The van der Waals surface area contributed by atoms with Crippen LogP contribution >= 0.6 is 0 Å². The van der Waals surface area contributed by atoms with Gasteiger partial charge in [0.05, 0.1) is 30.3 Å². The van der Waals surface area contributed by atoms with Gasteiger partial charge in [-0.2, -0.15) is 5.26 Å². The van der Waals surface area contributed by atoms with Crippen LogP contribution in [-0.2, 0) is 49.6 Å². The number of nitrogens with two attached hydrogens (primary N) is 7. The molecule has 0 unspecified atom stereocenters. The molecule has 0 saturated carbocycles. The molecular weight excluding hydrogens is 991 g/mol. The molecule has 0 aromatic heterocycles. The highest BCUT2D eigenvalue weighted by Crippen LogP contribution is 2.21. The number of nitriles is 1. The topological polar surface area (TPSA) is 500 Å². The standard InChI is InChI=1S/C48H79N17O11/c1-28(59-45(73)39(37(66)26-53)64-41(69)31(54)12-2-4-19-49)40(68)58-27-38(67)60-34(14-7-21-51)46(74)65-23-9-16-36(65)44(72)62-33(18-17-29-10-6-11-30(24-29)25-52)43(71)61-32(13-3-5-20-50)42(70)63-35(47(75)76)15-8-22-57-48(55)56/h6,10-11,15,24,28,31-34,36-37,39,66H,2-5,7-9,12-14,16-23,26-27,49-51,53-54H2,1H3,(H,58,68)(H,59,73)(H,60,67)(H,61,71)(H,62,72)(H,63,70)(H,64,69)(H,75,76)(H4,55,56,57)/b35-15-/t28-,31-,32-,33-,34+,36-,37-,39-/m0/s1. The van der Waals surface area contributed by atoms with Gasteiger partial charge in [-0.25, -0.2) is 4.79 Å². The summed E-state index contributed by atoms with van der Waals surface area (Å²) in [6.45, 7) is 1.12. The van der Waals surface area contributed by atoms with Crippen LogP contribution < -0.4 is 77.4 Å². The van der Waals surface area contributed by atoms with Crippen LogP contribution in [0.1, 0.15) is 95.1 Å². The van der Waals surface area contributed by atoms with Crippen LogP contribution in [0, 0.1) is 11.3 Å². The number of carbonyl (C=O) groups excluding carboxylic acids is 8. The summed E-state index contributed by atoms with van der Waals surface area (Å²) in [6, 6.07) is -0.216. The van der Waals surface area contributed by atoms with Crippen molar-refractivity contribution < 1.29 is 53.4 Å². The molecule has 1 heterocycles. The average Bonchev–Trinajstić information content (AvgIpc) is 3.90. The van der Waals surface area contributed by atoms with E-state index in [-0.39, 0.29) is 83.5 Å². The second kappa shape index (κ2) is 35.1. The fourth-order valence-electron chi connectivity index (χ4n) is 7.88. The Bertz CT molecular complexity index is 2220. The fourth-order valence-corrected chi connectivity index (χ4v) is 7.88. The third-order valence-electron chi connectivity index (χ3n) is 12.1. The van der Waals surface area contributed by atoms with E-state index in [0.29, 0.717) is 49.8 Å². The number of benzene rings is 1. The largest absolute Gasteiger partial charge is 0.477 e. The lowest BCUT2D eigenvalue weighted by atomic mass is 10.0. The van der Waals surface area contributed by atoms with Crippen LogP contribution in [0.3, 0.4) is 0 Å². The van der Waals surface area contributed by atoms with E-state index in [1.165, 1.54) is 17.9 Å². The van der Waals surface area contributed by atoms with Gasteiger partial charge in [-0.05, 0) is 121 Å². The predicted octanol–water partition coefficient (Wildman–Crippen LogP) is -5.57. The van der Waals surface area contributed by atoms with Crippen LogP contribution in [0.5, 0.6) is 0 Å². The number of carboxylic acids is 1. The van der Waals surface area contributed by atoms with Crippen molar-refractivity contribution >= 4 is 59.2 Å². The molecule has 8 amide bonds. The maximum Gasteiger partial charge on any atom is 0.352 e. The summed E-state index contributed by atoms with van der Waals surface area (Å²) in [6.07, 6.45) is 2.95. The Kier molecular flexibility index (Phi) is 29.9. The van der Waals surface area contributed by atoms with Crippen LogP contribution in [0.15, 0.2) is 41.0 Å². The minimum Gasteiger partial charge on any atom is -0.477 e. The molecule has 1 aromatic rings. The first-order chi connectivity index (χ1) is 36.2. The second-order valence-corrected chi connectivity index (χ2v) is 18.1. The number of aliphatic hydroxyl groups is 1. The summed E-state index contributed by atoms with van der Waals surface area (Å²) < 4.78 is 0. The van der Waals surface area contributed by atoms with E-state index in [1.54, 1.807) is 24.3 Å². The zero-order valence-electron chi connectivity index (χ0n) is 43.1. The molecule has 1 saturated heterocycles. The SMILES string of the molecule is C[C@H](NC(=O)[C@@H](NC(=O)[C@@H](N)CCCCN)[C@@H](O)CN)C(=O)NCC(=O)N[C@H](CCCN)C(=O)N1CCC[C@H]1C(=O)N[C@@H](CCc1cccc(C#N)c1)C(=O)N[C@@H](CCCCN)C(=O)N/C(=C\CCN=C(N)N)C(=O)O. The number of nitrogens with one attached hydrogen (secondary N) is 7. The molecule has 23 N–H and O–H groups in total. The van der Waals surface area contributed by atoms with Crippen molar-refractivity contribution in [3.05, 3.63) is 47.2 Å². The highest BCUT2D eigenvalue weighted by molar-refractivity contribution is 5.99. The van der Waals surface area contributed by atoms with Crippen molar-refractivity contribution in [1.29, 1.82) is 5.26 Å². The molecule has 1 fully saturated rings. The van der Waals surface area contributed by atoms with Crippen molar-refractivity contribution in [3.63, 3.8) is 0 Å². The Balaban J connectivity index is 2.28. The molecule has 28 nitrogen and oxygen atoms in total. The maximum absolute atomic E-state index is 14.3. The zero-order valence-corrected chi connectivity index (χ0v) is 43.1. The van der Waals surface area contributed by atoms with E-state index in [2.05, 4.69) is 48.3 Å². The van der Waals surface area contributed by atoms with Gasteiger partial charge in [0.15, 0.2) is 5.96 Å². The summed E-state index contributed by atoms with van der Waals surface area (Å²) in [5, 5.41) is 47.2. The number of aliphatic carboxylic acids is 1. The highest BCUT2D eigenvalue weighted by atomic mass is 16.4. The van der Waals surface area contributed by atoms with Crippen molar-refractivity contribution in [2.24, 2.45) is 45.1 Å². The summed E-state index contributed by atoms with van der Waals surface area (Å²) in [5.41, 5.74) is 39.7. The summed E-state index contributed by atoms with van der Waals surface area (Å²) in [5.74, 6) is -8.06. The number of rotatable bonds is 35. The lowest BCUT2D eigenvalue weighted by Gasteiger charge is -2.30. The predicted molar refractivity (Wildman–Crippen MR) is 279 cm³/mol. The molecule has 28 heteroatoms. The van der Waals surface area contributed by atoms with Gasteiger partial charge >= 0.3 is 5.97 Å². The monoisotopic (exact) mass is 1070 g/mol. The molecule has 0 radical (unpaired) electrons. The van der Waals surface area contributed by atoms with Crippen LogP contribution in [-0.4, -0.2) is 169 Å². The number of carboxylic acid groups (broad SMARTS) is 1. The Morgan fingerprint density at radius 2 is 1.46 bits per heavy atom. The van der Waals surface area contributed by atoms with Gasteiger partial charge in [-0.3, -0.25) is 43.3 Å². The third-order valence-corrected chi connectivity index (χ3v) is 12.1. The van der Waals surface area contributed by atoms with Crippen LogP contribution in [0.2, 0.25) is 0 Å². The molecule has 1 aromatic carbocycles. The van der Waals surface area contributed by atoms with Crippen molar-refractivity contribution in [1.82, 2.24) is 42.1 Å². The third kappa shape index (κ3) is 23.1. The molecule has 0 aliphatic carbocycles. The normalized spacial score (nSPS) is 15.9. The number of unbranched alkanes of at least 4 members (excludes halogenated alkanes) is 2. The Labute approximate surface area is 441 Å². The van der Waals surface area contributed by atoms with E-state index < -0.39 is 120 Å². The number of aliphatic imine (C=N–C) groups is 1. The van der Waals surface area contributed by atoms with Crippen molar-refractivity contribution in [2.45, 2.75) is 139 Å². The Hall–Kier alpha value is -7.29. The second-order valence-electron chi connectivity index (χ2n) is 18.1. The van der Waals surface area contributed by atoms with Gasteiger partial charge in [0.2, 0.25) is 47.3 Å². The molecule has 422 valence electrons. The van der Waals surface area contributed by atoms with E-state index >= 15 is 0 Å². The van der Waals surface area contributed by atoms with Crippen molar-refractivity contribution in [3.8, 4) is 6.07 Å². The van der Waals surface area contributed by atoms with E-state index in [1.807, 2.05) is 0 Å². The molecule has 0 bridgehead atoms. The number of likely N-dealkylation sites (tertiary alicyclic amines) is 1. The number of amides is 8. The minimum absolute atomic E-state index is 0.0322. The maximum atomic E-state index is 14.3. The number of carbonyl (C=O) groups is 9. The molecular formula is C48H79N17O11. The van der Waals surface area contributed by atoms with E-state index in [9.17, 15) is 58.6 Å². The van der Waals surface area contributed by atoms with Gasteiger partial charge in [0, 0.05) is 19.6 Å². The van der Waals surface area contributed by atoms with E-state index in [0.717, 1.165) is 0 Å². The highest BCUT2D eigenvalue weighted by Gasteiger charge is 2.39. The van der Waals surface area contributed by atoms with Crippen LogP contribution in [0.4, 0.5) is 0 Å². The van der Waals surface area contributed by atoms with Gasteiger partial charge in [0.25, 0.3) is 0 Å². The van der Waals surface area contributed by atoms with E-state index in [4.69, 9.17) is 40.1 Å². The molecule has 2 rings (SSSR count). The summed E-state index contributed by atoms with van der Waals surface area (Å²) in [4.78, 5) is 126. The number of aliphatic hydroxyl groups excluding tert-OH is 1. The number of guanidine groups is 1. The first-order valence-corrected chi connectivity index (χ1v) is 25.3. The number of nitrogens with zero attached hydrogens (tertiary/aromatic N) is 3. The lowest BCUT2D eigenvalue weighted by Crippen LogP contribution is -2.60. The van der Waals surface area contributed by atoms with Crippen LogP contribution in [0.25, 0.3) is 0 Å². The first kappa shape index (κ1) is 64.8. The Morgan fingerprint density at radius 3 is 2.09 bits per heavy atom. The summed E-state index contributed by atoms with van der Waals surface area (Å²) >= 11 is 0. The van der Waals surface area contributed by atoms with Gasteiger partial charge in [-0.1, -0.05) is 24.6 Å². The number of hydrogen-bond donors (Lipinski definition) is 16. The lowest BCUT2D eigenvalue weighted by molar-refractivity contribution is -0.142. The fraction of sp³-hybridized carbons (Fsp3) is 0.604. The van der Waals surface area contributed by atoms with Gasteiger partial charge < -0.3 is 92.5 Å². The van der Waals surface area contributed by atoms with Crippen molar-refractivity contribution in [2.75, 3.05) is 45.8 Å².